The Kier molecular flexibility index (Phi) is 4.28. The van der Waals surface area contributed by atoms with Gasteiger partial charge < -0.3 is 0 Å². The van der Waals surface area contributed by atoms with Crippen molar-refractivity contribution in [3.05, 3.63) is 91.0 Å². The van der Waals surface area contributed by atoms with Crippen molar-refractivity contribution < 1.29 is 0 Å². The van der Waals surface area contributed by atoms with Crippen LogP contribution in [0.5, 0.6) is 0 Å². The van der Waals surface area contributed by atoms with Crippen LogP contribution in [0.25, 0.3) is 21.3 Å². The van der Waals surface area contributed by atoms with Gasteiger partial charge in [-0.2, -0.15) is 0 Å². The van der Waals surface area contributed by atoms with Crippen LogP contribution in [-0.4, -0.2) is 19.5 Å². The van der Waals surface area contributed by atoms with E-state index in [0.29, 0.717) is 0 Å². The van der Waals surface area contributed by atoms with E-state index in [1.54, 1.807) is 0 Å². The second-order valence-electron chi connectivity index (χ2n) is 5.42. The summed E-state index contributed by atoms with van der Waals surface area (Å²) >= 11 is 0.155. The molecule has 0 radical (unpaired) electrons. The van der Waals surface area contributed by atoms with Gasteiger partial charge in [0.2, 0.25) is 0 Å². The number of anilines is 2. The van der Waals surface area contributed by atoms with Gasteiger partial charge in [-0.05, 0) is 0 Å². The Morgan fingerprint density at radius 3 is 1.79 bits per heavy atom. The van der Waals surface area contributed by atoms with E-state index in [4.69, 9.17) is 4.98 Å². The second kappa shape index (κ2) is 6.88. The van der Waals surface area contributed by atoms with E-state index in [1.807, 2.05) is 24.3 Å². The Morgan fingerprint density at radius 2 is 1.17 bits per heavy atom. The number of aromatic nitrogens is 1. The number of benzene rings is 3. The van der Waals surface area contributed by atoms with E-state index in [-0.39, 0.29) is 14.5 Å². The van der Waals surface area contributed by atoms with Crippen molar-refractivity contribution in [2.24, 2.45) is 0 Å². The molecule has 0 unspecified atom stereocenters. The molecule has 1 heterocycles. The second-order valence-corrected chi connectivity index (χ2v) is 7.52. The van der Waals surface area contributed by atoms with Crippen LogP contribution < -0.4 is 5.32 Å². The van der Waals surface area contributed by atoms with Crippen LogP contribution in [0.15, 0.2) is 91.0 Å². The molecule has 4 rings (SSSR count). The summed E-state index contributed by atoms with van der Waals surface area (Å²) in [6.07, 6.45) is 0. The summed E-state index contributed by atoms with van der Waals surface area (Å²) in [5, 5.41) is 3.48. The molecule has 116 valence electrons. The Hall–Kier alpha value is -2.61. The molecule has 0 atom stereocenters. The van der Waals surface area contributed by atoms with Crippen LogP contribution in [0.1, 0.15) is 0 Å². The third kappa shape index (κ3) is 3.18. The van der Waals surface area contributed by atoms with Crippen LogP contribution in [0.4, 0.5) is 10.4 Å². The Morgan fingerprint density at radius 1 is 0.625 bits per heavy atom. The quantitative estimate of drug-likeness (QED) is 0.495. The summed E-state index contributed by atoms with van der Waals surface area (Å²) in [6, 6.07) is 31.2. The predicted octanol–water partition coefficient (Wildman–Crippen LogP) is 5.22. The van der Waals surface area contributed by atoms with Gasteiger partial charge in [-0.25, -0.2) is 0 Å². The summed E-state index contributed by atoms with van der Waals surface area (Å²) in [5.74, 6) is 0. The summed E-state index contributed by atoms with van der Waals surface area (Å²) in [4.78, 5) is 4.92. The van der Waals surface area contributed by atoms with Gasteiger partial charge in [-0.3, -0.25) is 0 Å². The number of hydrogen-bond acceptors (Lipinski definition) is 2. The minimum absolute atomic E-state index is 0.155. The van der Waals surface area contributed by atoms with Crippen LogP contribution in [0.2, 0.25) is 0 Å². The fourth-order valence-electron chi connectivity index (χ4n) is 2.60. The van der Waals surface area contributed by atoms with Crippen molar-refractivity contribution in [1.82, 2.24) is 4.98 Å². The zero-order valence-corrected chi connectivity index (χ0v) is 14.7. The van der Waals surface area contributed by atoms with E-state index >= 15 is 0 Å². The van der Waals surface area contributed by atoms with Crippen molar-refractivity contribution in [1.29, 1.82) is 0 Å². The Labute approximate surface area is 147 Å². The molecule has 2 nitrogen and oxygen atoms in total. The van der Waals surface area contributed by atoms with Crippen LogP contribution in [0.3, 0.4) is 0 Å². The van der Waals surface area contributed by atoms with E-state index in [1.165, 1.54) is 15.6 Å². The molecule has 0 aliphatic carbocycles. The number of para-hydroxylation sites is 1. The van der Waals surface area contributed by atoms with Gasteiger partial charge in [0.1, 0.15) is 0 Å². The molecular formula is C21H16N2Se. The van der Waals surface area contributed by atoms with E-state index in [9.17, 15) is 0 Å². The fourth-order valence-corrected chi connectivity index (χ4v) is 4.72. The third-order valence-corrected chi connectivity index (χ3v) is 5.88. The van der Waals surface area contributed by atoms with Gasteiger partial charge in [-0.1, -0.05) is 0 Å². The fraction of sp³-hybridized carbons (Fsp3) is 0. The van der Waals surface area contributed by atoms with Crippen molar-refractivity contribution in [3.8, 4) is 21.3 Å². The molecule has 0 spiro atoms. The average molecular weight is 375 g/mol. The van der Waals surface area contributed by atoms with Gasteiger partial charge in [0.25, 0.3) is 0 Å². The molecule has 4 aromatic rings. The number of nitrogens with zero attached hydrogens (tertiary/aromatic N) is 1. The zero-order chi connectivity index (χ0) is 16.2. The zero-order valence-electron chi connectivity index (χ0n) is 13.0. The molecule has 0 saturated carbocycles. The molecule has 0 fully saturated rings. The van der Waals surface area contributed by atoms with Gasteiger partial charge in [0.15, 0.2) is 0 Å². The molecule has 0 bridgehead atoms. The molecule has 24 heavy (non-hydrogen) atoms. The standard InChI is InChI=1S/C21H16N2Se/c1-4-10-16(11-5-1)19-20(17-12-6-2-7-13-17)24-21(23-19)22-18-14-8-3-9-15-18/h1-15H,(H,22,23). The van der Waals surface area contributed by atoms with Crippen LogP contribution in [0, 0.1) is 0 Å². The minimum atomic E-state index is 0.155. The molecule has 1 N–H and O–H groups in total. The molecule has 3 heteroatoms. The molecule has 0 amide bonds. The number of rotatable bonds is 4. The Balaban J connectivity index is 1.79. The molecule has 0 aliphatic heterocycles. The molecule has 0 saturated heterocycles. The summed E-state index contributed by atoms with van der Waals surface area (Å²) in [5.41, 5.74) is 4.59. The SMILES string of the molecule is c1ccc(Nc2nc(-c3ccccc3)c(-c3ccccc3)[se]2)cc1. The van der Waals surface area contributed by atoms with Crippen molar-refractivity contribution in [3.63, 3.8) is 0 Å². The van der Waals surface area contributed by atoms with Gasteiger partial charge in [0.05, 0.1) is 0 Å². The van der Waals surface area contributed by atoms with Gasteiger partial charge in [-0.15, -0.1) is 0 Å². The Bertz CT molecular complexity index is 859. The topological polar surface area (TPSA) is 24.9 Å². The predicted molar refractivity (Wildman–Crippen MR) is 102 cm³/mol. The van der Waals surface area contributed by atoms with Gasteiger partial charge >= 0.3 is 147 Å². The number of hydrogen-bond donors (Lipinski definition) is 1. The molecular weight excluding hydrogens is 359 g/mol. The van der Waals surface area contributed by atoms with E-state index in [0.717, 1.165) is 16.1 Å². The number of nitrogens with one attached hydrogen (secondary N) is 1. The van der Waals surface area contributed by atoms with Gasteiger partial charge in [0, 0.05) is 0 Å². The first-order valence-corrected chi connectivity index (χ1v) is 9.55. The normalized spacial score (nSPS) is 10.5. The van der Waals surface area contributed by atoms with Crippen molar-refractivity contribution in [2.45, 2.75) is 0 Å². The maximum absolute atomic E-state index is 4.92. The monoisotopic (exact) mass is 376 g/mol. The average Bonchev–Trinajstić information content (AvgIpc) is 3.08. The first kappa shape index (κ1) is 14.9. The summed E-state index contributed by atoms with van der Waals surface area (Å²) in [7, 11) is 0. The van der Waals surface area contributed by atoms with Crippen LogP contribution >= 0.6 is 0 Å². The summed E-state index contributed by atoms with van der Waals surface area (Å²) in [6.45, 7) is 0. The third-order valence-electron chi connectivity index (χ3n) is 3.74. The van der Waals surface area contributed by atoms with Crippen molar-refractivity contribution >= 4 is 24.9 Å². The molecule has 1 aromatic heterocycles. The maximum atomic E-state index is 4.92. The first-order valence-electron chi connectivity index (χ1n) is 7.84. The first-order chi connectivity index (χ1) is 11.9. The van der Waals surface area contributed by atoms with E-state index < -0.39 is 0 Å². The molecule has 0 aliphatic rings. The van der Waals surface area contributed by atoms with Crippen molar-refractivity contribution in [2.75, 3.05) is 5.32 Å². The van der Waals surface area contributed by atoms with E-state index in [2.05, 4.69) is 72.0 Å². The summed E-state index contributed by atoms with van der Waals surface area (Å²) < 4.78 is 2.37. The van der Waals surface area contributed by atoms with Crippen LogP contribution in [-0.2, 0) is 0 Å². The molecule has 3 aromatic carbocycles.